The molecule has 0 aliphatic heterocycles. The molecule has 0 amide bonds. The molecule has 1 rings (SSSR count). The number of aromatic nitrogens is 2. The Bertz CT molecular complexity index is 320. The van der Waals surface area contributed by atoms with Crippen LogP contribution in [0.15, 0.2) is 6.20 Å². The lowest BCUT2D eigenvalue weighted by Crippen LogP contribution is -2.13. The van der Waals surface area contributed by atoms with E-state index in [1.54, 1.807) is 0 Å². The molecule has 0 radical (unpaired) electrons. The van der Waals surface area contributed by atoms with Crippen molar-refractivity contribution in [2.24, 2.45) is 0 Å². The fourth-order valence-electron chi connectivity index (χ4n) is 1.62. The predicted octanol–water partition coefficient (Wildman–Crippen LogP) is 2.83. The topological polar surface area (TPSA) is 39.1 Å². The Morgan fingerprint density at radius 1 is 1.47 bits per heavy atom. The summed E-state index contributed by atoms with van der Waals surface area (Å²) < 4.78 is 7.69. The molecule has 0 atom stereocenters. The van der Waals surface area contributed by atoms with Crippen LogP contribution in [0.5, 0.6) is 0 Å². The Kier molecular flexibility index (Phi) is 6.05. The van der Waals surface area contributed by atoms with Gasteiger partial charge in [0.2, 0.25) is 5.95 Å². The summed E-state index contributed by atoms with van der Waals surface area (Å²) in [5, 5.41) is 3.37. The number of aryl methyl sites for hydroxylation is 1. The lowest BCUT2D eigenvalue weighted by Gasteiger charge is -2.11. The molecule has 4 heteroatoms. The average Bonchev–Trinajstić information content (AvgIpc) is 2.59. The number of hydrogen-bond acceptors (Lipinski definition) is 3. The van der Waals surface area contributed by atoms with Crippen molar-refractivity contribution in [3.05, 3.63) is 11.9 Å². The maximum Gasteiger partial charge on any atom is 0.203 e. The zero-order valence-corrected chi connectivity index (χ0v) is 11.5. The third-order valence-electron chi connectivity index (χ3n) is 2.49. The number of hydrogen-bond donors (Lipinski definition) is 1. The van der Waals surface area contributed by atoms with Crippen molar-refractivity contribution >= 4 is 5.95 Å². The van der Waals surface area contributed by atoms with Gasteiger partial charge in [-0.25, -0.2) is 4.98 Å². The second kappa shape index (κ2) is 7.33. The molecule has 1 aromatic rings. The Labute approximate surface area is 104 Å². The molecule has 0 spiro atoms. The van der Waals surface area contributed by atoms with Gasteiger partial charge in [-0.3, -0.25) is 0 Å². The number of anilines is 1. The molecule has 1 aromatic heterocycles. The molecule has 4 nitrogen and oxygen atoms in total. The number of imidazole rings is 1. The molecule has 0 aliphatic carbocycles. The van der Waals surface area contributed by atoms with E-state index >= 15 is 0 Å². The van der Waals surface area contributed by atoms with Crippen LogP contribution in [0.3, 0.4) is 0 Å². The van der Waals surface area contributed by atoms with Crippen LogP contribution in [0, 0.1) is 6.92 Å². The fraction of sp³-hybridized carbons (Fsp3) is 0.769. The van der Waals surface area contributed by atoms with Crippen molar-refractivity contribution in [2.75, 3.05) is 18.5 Å². The number of ether oxygens (including phenoxy) is 1. The first-order valence-corrected chi connectivity index (χ1v) is 6.52. The predicted molar refractivity (Wildman–Crippen MR) is 71.4 cm³/mol. The van der Waals surface area contributed by atoms with Gasteiger partial charge >= 0.3 is 0 Å². The molecule has 98 valence electrons. The molecule has 0 aliphatic rings. The molecule has 0 unspecified atom stereocenters. The molecule has 0 saturated carbocycles. The van der Waals surface area contributed by atoms with Gasteiger partial charge in [-0.05, 0) is 27.2 Å². The van der Waals surface area contributed by atoms with Crippen LogP contribution in [0.2, 0.25) is 0 Å². The van der Waals surface area contributed by atoms with Gasteiger partial charge in [0.15, 0.2) is 0 Å². The van der Waals surface area contributed by atoms with Crippen LogP contribution < -0.4 is 5.32 Å². The van der Waals surface area contributed by atoms with E-state index in [-0.39, 0.29) is 6.10 Å². The standard InChI is InChI=1S/C13H25N3O/c1-5-6-7-14-13-15-12(4)10-16(13)8-9-17-11(2)3/h10-11H,5-9H2,1-4H3,(H,14,15). The van der Waals surface area contributed by atoms with E-state index in [0.717, 1.165) is 31.3 Å². The van der Waals surface area contributed by atoms with Crippen LogP contribution in [-0.2, 0) is 11.3 Å². The summed E-state index contributed by atoms with van der Waals surface area (Å²) in [5.74, 6) is 0.961. The van der Waals surface area contributed by atoms with E-state index in [1.807, 2.05) is 6.92 Å². The Balaban J connectivity index is 2.45. The summed E-state index contributed by atoms with van der Waals surface area (Å²) in [5.41, 5.74) is 1.05. The van der Waals surface area contributed by atoms with Crippen molar-refractivity contribution in [1.29, 1.82) is 0 Å². The minimum Gasteiger partial charge on any atom is -0.377 e. The van der Waals surface area contributed by atoms with Gasteiger partial charge < -0.3 is 14.6 Å². The van der Waals surface area contributed by atoms with Gasteiger partial charge in [0, 0.05) is 19.3 Å². The van der Waals surface area contributed by atoms with Crippen molar-refractivity contribution in [2.45, 2.75) is 53.2 Å². The minimum atomic E-state index is 0.288. The highest BCUT2D eigenvalue weighted by atomic mass is 16.5. The first-order chi connectivity index (χ1) is 8.13. The van der Waals surface area contributed by atoms with E-state index in [9.17, 15) is 0 Å². The van der Waals surface area contributed by atoms with Crippen molar-refractivity contribution in [1.82, 2.24) is 9.55 Å². The van der Waals surface area contributed by atoms with Gasteiger partial charge in [0.25, 0.3) is 0 Å². The van der Waals surface area contributed by atoms with E-state index in [1.165, 1.54) is 12.8 Å². The van der Waals surface area contributed by atoms with Crippen LogP contribution in [-0.4, -0.2) is 28.8 Å². The second-order valence-electron chi connectivity index (χ2n) is 4.60. The maximum atomic E-state index is 5.56. The number of nitrogens with one attached hydrogen (secondary N) is 1. The zero-order chi connectivity index (χ0) is 12.7. The first kappa shape index (κ1) is 14.0. The van der Waals surface area contributed by atoms with E-state index < -0.39 is 0 Å². The monoisotopic (exact) mass is 239 g/mol. The third kappa shape index (κ3) is 5.22. The zero-order valence-electron chi connectivity index (χ0n) is 11.5. The summed E-state index contributed by atoms with van der Waals surface area (Å²) in [6, 6.07) is 0. The third-order valence-corrected chi connectivity index (χ3v) is 2.49. The largest absolute Gasteiger partial charge is 0.377 e. The Hall–Kier alpha value is -1.03. The first-order valence-electron chi connectivity index (χ1n) is 6.52. The highest BCUT2D eigenvalue weighted by Crippen LogP contribution is 2.08. The second-order valence-corrected chi connectivity index (χ2v) is 4.60. The van der Waals surface area contributed by atoms with E-state index in [4.69, 9.17) is 4.74 Å². The van der Waals surface area contributed by atoms with E-state index in [2.05, 4.69) is 41.8 Å². The van der Waals surface area contributed by atoms with Crippen LogP contribution in [0.1, 0.15) is 39.3 Å². The molecular formula is C13H25N3O. The lowest BCUT2D eigenvalue weighted by atomic mass is 10.3. The number of rotatable bonds is 8. The van der Waals surface area contributed by atoms with Crippen molar-refractivity contribution < 1.29 is 4.74 Å². The van der Waals surface area contributed by atoms with Gasteiger partial charge in [-0.15, -0.1) is 0 Å². The molecule has 0 saturated heterocycles. The van der Waals surface area contributed by atoms with Gasteiger partial charge in [-0.1, -0.05) is 13.3 Å². The van der Waals surface area contributed by atoms with Gasteiger partial charge in [-0.2, -0.15) is 0 Å². The summed E-state index contributed by atoms with van der Waals surface area (Å²) in [6.07, 6.45) is 4.73. The molecule has 0 bridgehead atoms. The van der Waals surface area contributed by atoms with Gasteiger partial charge in [0.1, 0.15) is 0 Å². The summed E-state index contributed by atoms with van der Waals surface area (Å²) in [7, 11) is 0. The molecule has 1 N–H and O–H groups in total. The summed E-state index contributed by atoms with van der Waals surface area (Å²) in [4.78, 5) is 4.48. The highest BCUT2D eigenvalue weighted by molar-refractivity contribution is 5.28. The summed E-state index contributed by atoms with van der Waals surface area (Å²) in [6.45, 7) is 10.9. The lowest BCUT2D eigenvalue weighted by molar-refractivity contribution is 0.0730. The smallest absolute Gasteiger partial charge is 0.203 e. The molecule has 1 heterocycles. The Morgan fingerprint density at radius 3 is 2.88 bits per heavy atom. The molecule has 0 fully saturated rings. The minimum absolute atomic E-state index is 0.288. The Morgan fingerprint density at radius 2 is 2.24 bits per heavy atom. The highest BCUT2D eigenvalue weighted by Gasteiger charge is 2.04. The van der Waals surface area contributed by atoms with E-state index in [0.29, 0.717) is 0 Å². The van der Waals surface area contributed by atoms with Crippen molar-refractivity contribution in [3.63, 3.8) is 0 Å². The number of unbranched alkanes of at least 4 members (excludes halogenated alkanes) is 1. The molecule has 0 aromatic carbocycles. The maximum absolute atomic E-state index is 5.56. The quantitative estimate of drug-likeness (QED) is 0.709. The summed E-state index contributed by atoms with van der Waals surface area (Å²) >= 11 is 0. The molecular weight excluding hydrogens is 214 g/mol. The SMILES string of the molecule is CCCCNc1nc(C)cn1CCOC(C)C. The van der Waals surface area contributed by atoms with Gasteiger partial charge in [0.05, 0.1) is 18.4 Å². The van der Waals surface area contributed by atoms with Crippen molar-refractivity contribution in [3.8, 4) is 0 Å². The number of nitrogens with zero attached hydrogens (tertiary/aromatic N) is 2. The average molecular weight is 239 g/mol. The fourth-order valence-corrected chi connectivity index (χ4v) is 1.62. The van der Waals surface area contributed by atoms with Crippen LogP contribution in [0.25, 0.3) is 0 Å². The van der Waals surface area contributed by atoms with Crippen LogP contribution in [0.4, 0.5) is 5.95 Å². The molecule has 17 heavy (non-hydrogen) atoms. The normalized spacial score (nSPS) is 11.1. The van der Waals surface area contributed by atoms with Crippen LogP contribution >= 0.6 is 0 Å².